The second-order valence-corrected chi connectivity index (χ2v) is 5.14. The Hall–Kier alpha value is -2.89. The van der Waals surface area contributed by atoms with Crippen LogP contribution in [0.2, 0.25) is 0 Å². The normalized spacial score (nSPS) is 12.4. The number of carboxylic acid groups (broad SMARTS) is 1. The molecule has 3 N–H and O–H groups in total. The highest BCUT2D eigenvalue weighted by Crippen LogP contribution is 2.17. The molecule has 6 nitrogen and oxygen atoms in total. The number of nitrogens with one attached hydrogen (secondary N) is 1. The Balaban J connectivity index is 2.25. The van der Waals surface area contributed by atoms with Crippen LogP contribution < -0.4 is 5.56 Å². The number of rotatable bonds is 6. The van der Waals surface area contributed by atoms with Gasteiger partial charge < -0.3 is 15.2 Å². The summed E-state index contributed by atoms with van der Waals surface area (Å²) in [6, 6.07) is 9.44. The highest BCUT2D eigenvalue weighted by molar-refractivity contribution is 5.70. The molecule has 0 aliphatic rings. The molecule has 0 saturated heterocycles. The van der Waals surface area contributed by atoms with E-state index in [-0.39, 0.29) is 17.8 Å². The molecule has 0 aliphatic heterocycles. The van der Waals surface area contributed by atoms with Gasteiger partial charge in [-0.05, 0) is 24.5 Å². The summed E-state index contributed by atoms with van der Waals surface area (Å²) in [5.41, 5.74) is 0.400. The molecule has 23 heavy (non-hydrogen) atoms. The molecule has 2 rings (SSSR count). The SMILES string of the molecule is CCC(Cc1c(O)nc(/C=C/c2ccccc2)[nH]c1=O)C(=O)O. The van der Waals surface area contributed by atoms with Crippen molar-refractivity contribution in [2.24, 2.45) is 5.92 Å². The van der Waals surface area contributed by atoms with Crippen LogP contribution in [0.25, 0.3) is 12.2 Å². The predicted molar refractivity (Wildman–Crippen MR) is 87.0 cm³/mol. The van der Waals surface area contributed by atoms with Crippen molar-refractivity contribution in [3.63, 3.8) is 0 Å². The van der Waals surface area contributed by atoms with Crippen LogP contribution in [0.4, 0.5) is 0 Å². The third-order valence-corrected chi connectivity index (χ3v) is 3.54. The van der Waals surface area contributed by atoms with Gasteiger partial charge in [0.15, 0.2) is 0 Å². The summed E-state index contributed by atoms with van der Waals surface area (Å²) in [5.74, 6) is -1.95. The van der Waals surface area contributed by atoms with E-state index >= 15 is 0 Å². The number of aromatic amines is 1. The number of aromatic hydroxyl groups is 1. The standard InChI is InChI=1S/C17H18N2O4/c1-2-12(17(22)23)10-13-15(20)18-14(19-16(13)21)9-8-11-6-4-3-5-7-11/h3-9,12H,2,10H2,1H3,(H,22,23)(H2,18,19,20,21)/b9-8+. The minimum atomic E-state index is -1.00. The zero-order valence-electron chi connectivity index (χ0n) is 12.7. The smallest absolute Gasteiger partial charge is 0.306 e. The number of hydrogen-bond acceptors (Lipinski definition) is 4. The van der Waals surface area contributed by atoms with Gasteiger partial charge in [0.1, 0.15) is 5.82 Å². The van der Waals surface area contributed by atoms with Gasteiger partial charge in [-0.3, -0.25) is 9.59 Å². The molecule has 0 fully saturated rings. The first-order chi connectivity index (χ1) is 11.0. The first kappa shape index (κ1) is 16.5. The van der Waals surface area contributed by atoms with Crippen LogP contribution in [0, 0.1) is 5.92 Å². The van der Waals surface area contributed by atoms with E-state index in [1.54, 1.807) is 19.1 Å². The molecule has 120 valence electrons. The molecule has 1 atom stereocenters. The van der Waals surface area contributed by atoms with Gasteiger partial charge in [-0.2, -0.15) is 4.98 Å². The number of hydrogen-bond donors (Lipinski definition) is 3. The fraction of sp³-hybridized carbons (Fsp3) is 0.235. The van der Waals surface area contributed by atoms with Crippen molar-refractivity contribution in [1.29, 1.82) is 0 Å². The predicted octanol–water partition coefficient (Wildman–Crippen LogP) is 2.30. The third kappa shape index (κ3) is 4.29. The number of carboxylic acids is 1. The van der Waals surface area contributed by atoms with Crippen LogP contribution in [0.3, 0.4) is 0 Å². The van der Waals surface area contributed by atoms with E-state index in [0.29, 0.717) is 6.42 Å². The topological polar surface area (TPSA) is 103 Å². The van der Waals surface area contributed by atoms with E-state index in [9.17, 15) is 14.7 Å². The first-order valence-electron chi connectivity index (χ1n) is 7.29. The highest BCUT2D eigenvalue weighted by atomic mass is 16.4. The molecule has 0 spiro atoms. The fourth-order valence-electron chi connectivity index (χ4n) is 2.16. The lowest BCUT2D eigenvalue weighted by Crippen LogP contribution is -2.22. The monoisotopic (exact) mass is 314 g/mol. The lowest BCUT2D eigenvalue weighted by Gasteiger charge is -2.09. The molecule has 1 aromatic carbocycles. The van der Waals surface area contributed by atoms with Crippen molar-refractivity contribution < 1.29 is 15.0 Å². The van der Waals surface area contributed by atoms with E-state index in [1.165, 1.54) is 0 Å². The molecule has 1 unspecified atom stereocenters. The molecular formula is C17H18N2O4. The van der Waals surface area contributed by atoms with Gasteiger partial charge in [0.25, 0.3) is 5.56 Å². The maximum absolute atomic E-state index is 12.1. The van der Waals surface area contributed by atoms with Gasteiger partial charge in [-0.25, -0.2) is 0 Å². The Morgan fingerprint density at radius 3 is 2.57 bits per heavy atom. The van der Waals surface area contributed by atoms with Gasteiger partial charge in [0, 0.05) is 0 Å². The number of aromatic nitrogens is 2. The molecule has 0 aliphatic carbocycles. The molecule has 1 heterocycles. The molecule has 0 amide bonds. The number of benzene rings is 1. The van der Waals surface area contributed by atoms with Crippen LogP contribution in [-0.2, 0) is 11.2 Å². The second-order valence-electron chi connectivity index (χ2n) is 5.14. The number of nitrogens with zero attached hydrogens (tertiary/aromatic N) is 1. The van der Waals surface area contributed by atoms with E-state index in [0.717, 1.165) is 5.56 Å². The molecule has 0 saturated carbocycles. The maximum atomic E-state index is 12.1. The Kier molecular flexibility index (Phi) is 5.30. The summed E-state index contributed by atoms with van der Waals surface area (Å²) in [6.07, 6.45) is 3.64. The molecule has 1 aromatic heterocycles. The summed E-state index contributed by atoms with van der Waals surface area (Å²) in [6.45, 7) is 1.72. The van der Waals surface area contributed by atoms with E-state index < -0.39 is 23.3 Å². The van der Waals surface area contributed by atoms with E-state index in [1.807, 2.05) is 30.3 Å². The average molecular weight is 314 g/mol. The van der Waals surface area contributed by atoms with Crippen LogP contribution in [0.1, 0.15) is 30.3 Å². The van der Waals surface area contributed by atoms with E-state index in [2.05, 4.69) is 9.97 Å². The first-order valence-corrected chi connectivity index (χ1v) is 7.29. The summed E-state index contributed by atoms with van der Waals surface area (Å²) in [7, 11) is 0. The number of aliphatic carboxylic acids is 1. The highest BCUT2D eigenvalue weighted by Gasteiger charge is 2.20. The van der Waals surface area contributed by atoms with Gasteiger partial charge in [-0.1, -0.05) is 43.3 Å². The zero-order valence-corrected chi connectivity index (χ0v) is 12.7. The quantitative estimate of drug-likeness (QED) is 0.759. The summed E-state index contributed by atoms with van der Waals surface area (Å²) in [5, 5.41) is 19.0. The van der Waals surface area contributed by atoms with Crippen molar-refractivity contribution in [1.82, 2.24) is 9.97 Å². The van der Waals surface area contributed by atoms with Gasteiger partial charge >= 0.3 is 5.97 Å². The molecule has 0 radical (unpaired) electrons. The van der Waals surface area contributed by atoms with Crippen molar-refractivity contribution >= 4 is 18.1 Å². The van der Waals surface area contributed by atoms with Crippen LogP contribution in [0.15, 0.2) is 35.1 Å². The summed E-state index contributed by atoms with van der Waals surface area (Å²) in [4.78, 5) is 29.6. The lowest BCUT2D eigenvalue weighted by atomic mass is 9.98. The van der Waals surface area contributed by atoms with Gasteiger partial charge in [0.05, 0.1) is 11.5 Å². The Bertz CT molecular complexity index is 766. The lowest BCUT2D eigenvalue weighted by molar-refractivity contribution is -0.141. The minimum absolute atomic E-state index is 0.00360. The number of H-pyrrole nitrogens is 1. The zero-order chi connectivity index (χ0) is 16.8. The minimum Gasteiger partial charge on any atom is -0.493 e. The van der Waals surface area contributed by atoms with Crippen molar-refractivity contribution in [2.45, 2.75) is 19.8 Å². The fourth-order valence-corrected chi connectivity index (χ4v) is 2.16. The summed E-state index contributed by atoms with van der Waals surface area (Å²) < 4.78 is 0. The van der Waals surface area contributed by atoms with Gasteiger partial charge in [-0.15, -0.1) is 0 Å². The molecule has 0 bridgehead atoms. The van der Waals surface area contributed by atoms with Crippen LogP contribution in [0.5, 0.6) is 5.88 Å². The largest absolute Gasteiger partial charge is 0.493 e. The Morgan fingerprint density at radius 1 is 1.30 bits per heavy atom. The average Bonchev–Trinajstić information content (AvgIpc) is 2.53. The molecule has 6 heteroatoms. The van der Waals surface area contributed by atoms with Crippen molar-refractivity contribution in [3.8, 4) is 5.88 Å². The van der Waals surface area contributed by atoms with Crippen molar-refractivity contribution in [3.05, 3.63) is 57.6 Å². The maximum Gasteiger partial charge on any atom is 0.306 e. The molecular weight excluding hydrogens is 296 g/mol. The van der Waals surface area contributed by atoms with Gasteiger partial charge in [0.2, 0.25) is 5.88 Å². The second kappa shape index (κ2) is 7.40. The number of carbonyl (C=O) groups is 1. The van der Waals surface area contributed by atoms with Crippen molar-refractivity contribution in [2.75, 3.05) is 0 Å². The van der Waals surface area contributed by atoms with Crippen LogP contribution in [-0.4, -0.2) is 26.2 Å². The van der Waals surface area contributed by atoms with E-state index in [4.69, 9.17) is 5.11 Å². The van der Waals surface area contributed by atoms with Crippen LogP contribution >= 0.6 is 0 Å². The Labute approximate surface area is 133 Å². The molecule has 2 aromatic rings. The summed E-state index contributed by atoms with van der Waals surface area (Å²) >= 11 is 0. The third-order valence-electron chi connectivity index (χ3n) is 3.54. The Morgan fingerprint density at radius 2 is 2.00 bits per heavy atom.